The van der Waals surface area contributed by atoms with Gasteiger partial charge in [-0.05, 0) is 29.8 Å². The molecular formula is C19H18ClF3N2O2. The van der Waals surface area contributed by atoms with Crippen LogP contribution in [0.25, 0.3) is 0 Å². The van der Waals surface area contributed by atoms with Crippen molar-refractivity contribution in [2.24, 2.45) is 0 Å². The normalized spacial score (nSPS) is 16.1. The largest absolute Gasteiger partial charge is 0.379 e. The summed E-state index contributed by atoms with van der Waals surface area (Å²) in [5, 5.41) is 2.44. The lowest BCUT2D eigenvalue weighted by Crippen LogP contribution is -2.44. The van der Waals surface area contributed by atoms with Gasteiger partial charge in [-0.25, -0.2) is 13.2 Å². The van der Waals surface area contributed by atoms with Gasteiger partial charge in [0, 0.05) is 19.6 Å². The van der Waals surface area contributed by atoms with Crippen molar-refractivity contribution in [3.05, 3.63) is 70.0 Å². The van der Waals surface area contributed by atoms with E-state index < -0.39 is 23.1 Å². The highest BCUT2D eigenvalue weighted by atomic mass is 35.5. The minimum absolute atomic E-state index is 0.122. The number of rotatable bonds is 5. The van der Waals surface area contributed by atoms with E-state index in [1.54, 1.807) is 12.1 Å². The monoisotopic (exact) mass is 398 g/mol. The lowest BCUT2D eigenvalue weighted by molar-refractivity contribution is 0.0162. The van der Waals surface area contributed by atoms with Gasteiger partial charge >= 0.3 is 0 Å². The molecule has 1 heterocycles. The molecule has 1 atom stereocenters. The van der Waals surface area contributed by atoms with Crippen molar-refractivity contribution in [2.45, 2.75) is 6.04 Å². The lowest BCUT2D eigenvalue weighted by Gasteiger charge is -2.35. The summed E-state index contributed by atoms with van der Waals surface area (Å²) in [4.78, 5) is 14.5. The molecule has 0 saturated carbocycles. The van der Waals surface area contributed by atoms with Crippen molar-refractivity contribution in [1.29, 1.82) is 0 Å². The highest BCUT2D eigenvalue weighted by Crippen LogP contribution is 2.24. The molecule has 2 aromatic rings. The third kappa shape index (κ3) is 4.61. The zero-order valence-electron chi connectivity index (χ0n) is 14.4. The third-order valence-electron chi connectivity index (χ3n) is 4.47. The number of halogens is 4. The molecule has 4 nitrogen and oxygen atoms in total. The van der Waals surface area contributed by atoms with Crippen molar-refractivity contribution in [3.8, 4) is 0 Å². The summed E-state index contributed by atoms with van der Waals surface area (Å²) in [6.45, 7) is 2.46. The summed E-state index contributed by atoms with van der Waals surface area (Å²) in [6.07, 6.45) is 0. The first-order chi connectivity index (χ1) is 13.0. The molecule has 1 fully saturated rings. The molecule has 27 heavy (non-hydrogen) atoms. The van der Waals surface area contributed by atoms with Gasteiger partial charge in [0.1, 0.15) is 5.82 Å². The van der Waals surface area contributed by atoms with Crippen LogP contribution in [0.4, 0.5) is 13.2 Å². The molecule has 1 aliphatic rings. The first kappa shape index (κ1) is 19.7. The van der Waals surface area contributed by atoms with Crippen molar-refractivity contribution in [3.63, 3.8) is 0 Å². The van der Waals surface area contributed by atoms with Crippen LogP contribution in [0.5, 0.6) is 0 Å². The number of hydrogen-bond donors (Lipinski definition) is 1. The van der Waals surface area contributed by atoms with E-state index in [1.165, 1.54) is 12.1 Å². The van der Waals surface area contributed by atoms with Gasteiger partial charge < -0.3 is 10.1 Å². The molecule has 1 unspecified atom stereocenters. The quantitative estimate of drug-likeness (QED) is 0.783. The fourth-order valence-electron chi connectivity index (χ4n) is 3.04. The van der Waals surface area contributed by atoms with E-state index >= 15 is 0 Å². The van der Waals surface area contributed by atoms with Crippen molar-refractivity contribution >= 4 is 17.5 Å². The van der Waals surface area contributed by atoms with Gasteiger partial charge in [-0.15, -0.1) is 0 Å². The molecule has 0 aromatic heterocycles. The molecule has 0 bridgehead atoms. The molecular weight excluding hydrogens is 381 g/mol. The van der Waals surface area contributed by atoms with Crippen molar-refractivity contribution < 1.29 is 22.7 Å². The Kier molecular flexibility index (Phi) is 6.36. The van der Waals surface area contributed by atoms with Crippen LogP contribution < -0.4 is 5.32 Å². The Balaban J connectivity index is 1.79. The Labute approximate surface area is 159 Å². The molecule has 0 spiro atoms. The van der Waals surface area contributed by atoms with Crippen LogP contribution in [-0.4, -0.2) is 43.7 Å². The summed E-state index contributed by atoms with van der Waals surface area (Å²) < 4.78 is 46.0. The van der Waals surface area contributed by atoms with E-state index in [-0.39, 0.29) is 23.4 Å². The summed E-state index contributed by atoms with van der Waals surface area (Å²) in [6, 6.07) is 7.68. The second-order valence-electron chi connectivity index (χ2n) is 6.14. The van der Waals surface area contributed by atoms with Gasteiger partial charge in [0.2, 0.25) is 0 Å². The minimum atomic E-state index is -1.29. The maximum Gasteiger partial charge on any atom is 0.255 e. The van der Waals surface area contributed by atoms with Crippen LogP contribution in [-0.2, 0) is 4.74 Å². The van der Waals surface area contributed by atoms with E-state index in [9.17, 15) is 18.0 Å². The van der Waals surface area contributed by atoms with Gasteiger partial charge in [0.25, 0.3) is 5.91 Å². The van der Waals surface area contributed by atoms with Crippen LogP contribution in [0.3, 0.4) is 0 Å². The van der Waals surface area contributed by atoms with E-state index in [0.29, 0.717) is 26.3 Å². The lowest BCUT2D eigenvalue weighted by atomic mass is 10.0. The second-order valence-corrected chi connectivity index (χ2v) is 6.55. The standard InChI is InChI=1S/C19H18ClF3N2O2/c20-14-5-6-15(22)18(23)17(14)19(26)24-11-16(25-7-9-27-10-8-25)12-1-3-13(21)4-2-12/h1-6,16H,7-11H2,(H,24,26). The Morgan fingerprint density at radius 1 is 1.11 bits per heavy atom. The second kappa shape index (κ2) is 8.73. The third-order valence-corrected chi connectivity index (χ3v) is 4.78. The average Bonchev–Trinajstić information content (AvgIpc) is 2.67. The summed E-state index contributed by atoms with van der Waals surface area (Å²) >= 11 is 5.86. The zero-order valence-corrected chi connectivity index (χ0v) is 15.1. The number of benzene rings is 2. The van der Waals surface area contributed by atoms with Gasteiger partial charge in [-0.2, -0.15) is 0 Å². The van der Waals surface area contributed by atoms with Gasteiger partial charge in [-0.3, -0.25) is 9.69 Å². The van der Waals surface area contributed by atoms with Gasteiger partial charge in [0.05, 0.1) is 29.8 Å². The van der Waals surface area contributed by atoms with Crippen LogP contribution in [0, 0.1) is 17.5 Å². The molecule has 144 valence electrons. The summed E-state index contributed by atoms with van der Waals surface area (Å²) in [5.41, 5.74) is 0.265. The number of nitrogens with one attached hydrogen (secondary N) is 1. The highest BCUT2D eigenvalue weighted by molar-refractivity contribution is 6.33. The molecule has 1 N–H and O–H groups in total. The number of nitrogens with zero attached hydrogens (tertiary/aromatic N) is 1. The molecule has 1 saturated heterocycles. The number of hydrogen-bond acceptors (Lipinski definition) is 3. The predicted octanol–water partition coefficient (Wildman–Crippen LogP) is 3.56. The maximum atomic E-state index is 14.0. The van der Waals surface area contributed by atoms with E-state index in [2.05, 4.69) is 10.2 Å². The first-order valence-corrected chi connectivity index (χ1v) is 8.84. The zero-order chi connectivity index (χ0) is 19.4. The predicted molar refractivity (Wildman–Crippen MR) is 95.2 cm³/mol. The van der Waals surface area contributed by atoms with Crippen LogP contribution in [0.1, 0.15) is 22.0 Å². The minimum Gasteiger partial charge on any atom is -0.379 e. The Morgan fingerprint density at radius 2 is 1.78 bits per heavy atom. The van der Waals surface area contributed by atoms with Gasteiger partial charge in [-0.1, -0.05) is 23.7 Å². The Hall–Kier alpha value is -2.09. The highest BCUT2D eigenvalue weighted by Gasteiger charge is 2.25. The smallest absolute Gasteiger partial charge is 0.255 e. The Bertz CT molecular complexity index is 811. The molecule has 0 radical (unpaired) electrons. The fourth-order valence-corrected chi connectivity index (χ4v) is 3.28. The van der Waals surface area contributed by atoms with E-state index in [4.69, 9.17) is 16.3 Å². The van der Waals surface area contributed by atoms with E-state index in [0.717, 1.165) is 17.7 Å². The number of morpholine rings is 1. The topological polar surface area (TPSA) is 41.6 Å². The molecule has 1 aliphatic heterocycles. The number of carbonyl (C=O) groups excluding carboxylic acids is 1. The average molecular weight is 399 g/mol. The van der Waals surface area contributed by atoms with Crippen LogP contribution >= 0.6 is 11.6 Å². The van der Waals surface area contributed by atoms with Crippen molar-refractivity contribution in [1.82, 2.24) is 10.2 Å². The van der Waals surface area contributed by atoms with Crippen LogP contribution in [0.15, 0.2) is 36.4 Å². The van der Waals surface area contributed by atoms with Crippen molar-refractivity contribution in [2.75, 3.05) is 32.8 Å². The number of amides is 1. The molecule has 1 amide bonds. The molecule has 2 aromatic carbocycles. The summed E-state index contributed by atoms with van der Waals surface area (Å²) in [5.74, 6) is -3.60. The maximum absolute atomic E-state index is 14.0. The molecule has 0 aliphatic carbocycles. The van der Waals surface area contributed by atoms with Crippen LogP contribution in [0.2, 0.25) is 5.02 Å². The van der Waals surface area contributed by atoms with Gasteiger partial charge in [0.15, 0.2) is 11.6 Å². The summed E-state index contributed by atoms with van der Waals surface area (Å²) in [7, 11) is 0. The fraction of sp³-hybridized carbons (Fsp3) is 0.316. The SMILES string of the molecule is O=C(NCC(c1ccc(F)cc1)N1CCOCC1)c1c(Cl)ccc(F)c1F. The number of ether oxygens (including phenoxy) is 1. The number of carbonyl (C=O) groups is 1. The van der Waals surface area contributed by atoms with E-state index in [1.807, 2.05) is 0 Å². The molecule has 8 heteroatoms. The first-order valence-electron chi connectivity index (χ1n) is 8.46. The Morgan fingerprint density at radius 3 is 2.44 bits per heavy atom. The molecule has 3 rings (SSSR count).